The Labute approximate surface area is 101 Å². The van der Waals surface area contributed by atoms with Crippen LogP contribution in [-0.4, -0.2) is 14.8 Å². The van der Waals surface area contributed by atoms with Gasteiger partial charge in [0.25, 0.3) is 0 Å². The van der Waals surface area contributed by atoms with E-state index in [-0.39, 0.29) is 5.41 Å². The Balaban J connectivity index is 2.44. The Morgan fingerprint density at radius 2 is 2.06 bits per heavy atom. The highest BCUT2D eigenvalue weighted by Crippen LogP contribution is 2.21. The Morgan fingerprint density at radius 1 is 1.29 bits per heavy atom. The second kappa shape index (κ2) is 4.30. The van der Waals surface area contributed by atoms with E-state index in [0.717, 1.165) is 17.1 Å². The summed E-state index contributed by atoms with van der Waals surface area (Å²) in [6.45, 7) is 6.85. The molecule has 4 heteroatoms. The fraction of sp³-hybridized carbons (Fsp3) is 0.385. The molecule has 0 atom stereocenters. The van der Waals surface area contributed by atoms with Crippen molar-refractivity contribution in [1.29, 1.82) is 0 Å². The highest BCUT2D eigenvalue weighted by atomic mass is 15.3. The average Bonchev–Trinajstić information content (AvgIpc) is 2.77. The van der Waals surface area contributed by atoms with Crippen molar-refractivity contribution in [1.82, 2.24) is 14.8 Å². The number of hydrogen-bond donors (Lipinski definition) is 1. The molecule has 2 N–H and O–H groups in total. The smallest absolute Gasteiger partial charge is 0.0874 e. The van der Waals surface area contributed by atoms with Crippen molar-refractivity contribution in [3.8, 4) is 5.69 Å². The minimum absolute atomic E-state index is 0.0519. The average molecular weight is 230 g/mol. The number of hydrogen-bond acceptors (Lipinski definition) is 3. The lowest BCUT2D eigenvalue weighted by Crippen LogP contribution is -2.13. The van der Waals surface area contributed by atoms with Crippen LogP contribution in [0.1, 0.15) is 32.2 Å². The predicted octanol–water partition coefficient (Wildman–Crippen LogP) is 2.02. The summed E-state index contributed by atoms with van der Waals surface area (Å²) in [7, 11) is 0. The summed E-state index contributed by atoms with van der Waals surface area (Å²) in [4.78, 5) is 4.26. The summed E-state index contributed by atoms with van der Waals surface area (Å²) >= 11 is 0. The Morgan fingerprint density at radius 3 is 2.65 bits per heavy atom. The Hall–Kier alpha value is -1.68. The third kappa shape index (κ3) is 2.36. The highest BCUT2D eigenvalue weighted by Gasteiger charge is 2.17. The van der Waals surface area contributed by atoms with Crippen molar-refractivity contribution >= 4 is 0 Å². The Bertz CT molecular complexity index is 508. The first-order valence-electron chi connectivity index (χ1n) is 5.73. The normalized spacial score (nSPS) is 11.8. The zero-order valence-electron chi connectivity index (χ0n) is 10.5. The highest BCUT2D eigenvalue weighted by molar-refractivity contribution is 5.35. The first kappa shape index (κ1) is 11.8. The van der Waals surface area contributed by atoms with Gasteiger partial charge < -0.3 is 5.73 Å². The quantitative estimate of drug-likeness (QED) is 0.858. The van der Waals surface area contributed by atoms with Gasteiger partial charge in [0.2, 0.25) is 0 Å². The van der Waals surface area contributed by atoms with Crippen LogP contribution in [0.5, 0.6) is 0 Å². The molecule has 0 amide bonds. The maximum absolute atomic E-state index is 5.68. The van der Waals surface area contributed by atoms with Gasteiger partial charge in [-0.3, -0.25) is 4.98 Å². The third-order valence-electron chi connectivity index (χ3n) is 2.66. The number of pyridine rings is 1. The van der Waals surface area contributed by atoms with Crippen LogP contribution in [0.3, 0.4) is 0 Å². The minimum Gasteiger partial charge on any atom is -0.325 e. The van der Waals surface area contributed by atoms with E-state index in [4.69, 9.17) is 5.73 Å². The van der Waals surface area contributed by atoms with Crippen LogP contribution in [0.4, 0.5) is 0 Å². The molecule has 0 unspecified atom stereocenters. The van der Waals surface area contributed by atoms with Crippen LogP contribution >= 0.6 is 0 Å². The zero-order chi connectivity index (χ0) is 12.5. The van der Waals surface area contributed by atoms with Crippen molar-refractivity contribution in [2.75, 3.05) is 0 Å². The molecule has 0 radical (unpaired) electrons. The summed E-state index contributed by atoms with van der Waals surface area (Å²) < 4.78 is 1.84. The second-order valence-corrected chi connectivity index (χ2v) is 5.07. The van der Waals surface area contributed by atoms with Crippen LogP contribution in [-0.2, 0) is 12.0 Å². The molecule has 2 aromatic rings. The van der Waals surface area contributed by atoms with Crippen LogP contribution < -0.4 is 5.73 Å². The molecule has 17 heavy (non-hydrogen) atoms. The van der Waals surface area contributed by atoms with Gasteiger partial charge in [0.15, 0.2) is 0 Å². The maximum Gasteiger partial charge on any atom is 0.0874 e. The van der Waals surface area contributed by atoms with Crippen LogP contribution in [0.15, 0.2) is 30.6 Å². The van der Waals surface area contributed by atoms with E-state index in [9.17, 15) is 0 Å². The van der Waals surface area contributed by atoms with Crippen LogP contribution in [0, 0.1) is 0 Å². The molecule has 0 saturated carbocycles. The molecule has 0 aromatic carbocycles. The van der Waals surface area contributed by atoms with E-state index < -0.39 is 0 Å². The predicted molar refractivity (Wildman–Crippen MR) is 68.0 cm³/mol. The van der Waals surface area contributed by atoms with Gasteiger partial charge in [-0.05, 0) is 18.2 Å². The van der Waals surface area contributed by atoms with Gasteiger partial charge in [0, 0.05) is 24.4 Å². The molecule has 0 saturated heterocycles. The van der Waals surface area contributed by atoms with Crippen molar-refractivity contribution in [2.24, 2.45) is 5.73 Å². The SMILES string of the molecule is CC(C)(C)c1ccn(-c2cccnc2CN)n1. The van der Waals surface area contributed by atoms with Gasteiger partial charge in [-0.1, -0.05) is 20.8 Å². The third-order valence-corrected chi connectivity index (χ3v) is 2.66. The molecular weight excluding hydrogens is 212 g/mol. The van der Waals surface area contributed by atoms with E-state index in [0.29, 0.717) is 6.54 Å². The summed E-state index contributed by atoms with van der Waals surface area (Å²) in [6, 6.07) is 5.91. The van der Waals surface area contributed by atoms with Gasteiger partial charge in [-0.25, -0.2) is 4.68 Å². The molecule has 2 heterocycles. The summed E-state index contributed by atoms with van der Waals surface area (Å²) in [5.74, 6) is 0. The lowest BCUT2D eigenvalue weighted by Gasteiger charge is -2.14. The number of nitrogens with two attached hydrogens (primary N) is 1. The molecule has 0 fully saturated rings. The second-order valence-electron chi connectivity index (χ2n) is 5.07. The molecule has 90 valence electrons. The molecule has 0 aliphatic heterocycles. The topological polar surface area (TPSA) is 56.7 Å². The molecule has 0 aliphatic rings. The lowest BCUT2D eigenvalue weighted by atomic mass is 9.93. The lowest BCUT2D eigenvalue weighted by molar-refractivity contribution is 0.560. The monoisotopic (exact) mass is 230 g/mol. The van der Waals surface area contributed by atoms with Crippen molar-refractivity contribution < 1.29 is 0 Å². The van der Waals surface area contributed by atoms with Crippen molar-refractivity contribution in [2.45, 2.75) is 32.7 Å². The van der Waals surface area contributed by atoms with Gasteiger partial charge in [-0.2, -0.15) is 5.10 Å². The van der Waals surface area contributed by atoms with Crippen LogP contribution in [0.25, 0.3) is 5.69 Å². The van der Waals surface area contributed by atoms with Gasteiger partial charge in [0.1, 0.15) is 0 Å². The first-order valence-corrected chi connectivity index (χ1v) is 5.73. The maximum atomic E-state index is 5.68. The van der Waals surface area contributed by atoms with Crippen molar-refractivity contribution in [3.05, 3.63) is 42.0 Å². The minimum atomic E-state index is 0.0519. The Kier molecular flexibility index (Phi) is 2.98. The van der Waals surface area contributed by atoms with Gasteiger partial charge >= 0.3 is 0 Å². The standard InChI is InChI=1S/C13H18N4/c1-13(2,3)12-6-8-17(16-12)11-5-4-7-15-10(11)9-14/h4-8H,9,14H2,1-3H3. The molecule has 0 spiro atoms. The fourth-order valence-corrected chi connectivity index (χ4v) is 1.65. The van der Waals surface area contributed by atoms with Crippen LogP contribution in [0.2, 0.25) is 0 Å². The number of aromatic nitrogens is 3. The van der Waals surface area contributed by atoms with E-state index >= 15 is 0 Å². The summed E-state index contributed by atoms with van der Waals surface area (Å²) in [6.07, 6.45) is 3.70. The largest absolute Gasteiger partial charge is 0.325 e. The number of rotatable bonds is 2. The number of nitrogens with zero attached hydrogens (tertiary/aromatic N) is 3. The molecule has 2 aromatic heterocycles. The molecule has 0 bridgehead atoms. The summed E-state index contributed by atoms with van der Waals surface area (Å²) in [5, 5.41) is 4.58. The van der Waals surface area contributed by atoms with E-state index in [2.05, 4.69) is 30.9 Å². The van der Waals surface area contributed by atoms with E-state index in [1.54, 1.807) is 6.20 Å². The van der Waals surface area contributed by atoms with Gasteiger partial charge in [-0.15, -0.1) is 0 Å². The van der Waals surface area contributed by atoms with Crippen molar-refractivity contribution in [3.63, 3.8) is 0 Å². The molecular formula is C13H18N4. The molecule has 0 aliphatic carbocycles. The van der Waals surface area contributed by atoms with E-state index in [1.807, 2.05) is 29.1 Å². The zero-order valence-corrected chi connectivity index (χ0v) is 10.5. The first-order chi connectivity index (χ1) is 8.02. The fourth-order valence-electron chi connectivity index (χ4n) is 1.65. The summed E-state index contributed by atoms with van der Waals surface area (Å²) in [5.41, 5.74) is 8.60. The van der Waals surface area contributed by atoms with Gasteiger partial charge in [0.05, 0.1) is 17.1 Å². The molecule has 4 nitrogen and oxygen atoms in total. The van der Waals surface area contributed by atoms with E-state index in [1.165, 1.54) is 0 Å². The molecule has 2 rings (SSSR count).